The van der Waals surface area contributed by atoms with E-state index >= 15 is 0 Å². The second kappa shape index (κ2) is 10.3. The number of benzene rings is 1. The molecule has 9 heteroatoms. The average Bonchev–Trinajstić information content (AvgIpc) is 3.05. The van der Waals surface area contributed by atoms with Crippen molar-refractivity contribution in [2.24, 2.45) is 7.05 Å². The zero-order chi connectivity index (χ0) is 23.2. The van der Waals surface area contributed by atoms with Gasteiger partial charge in [0.25, 0.3) is 11.5 Å². The van der Waals surface area contributed by atoms with E-state index in [0.29, 0.717) is 29.2 Å². The number of nitrogens with one attached hydrogen (secondary N) is 2. The summed E-state index contributed by atoms with van der Waals surface area (Å²) in [6.45, 7) is 2.27. The molecule has 172 valence electrons. The van der Waals surface area contributed by atoms with E-state index in [2.05, 4.69) is 20.6 Å². The number of hydrogen-bond acceptors (Lipinski definition) is 5. The van der Waals surface area contributed by atoms with Gasteiger partial charge in [-0.3, -0.25) is 28.5 Å². The molecule has 0 radical (unpaired) electrons. The lowest BCUT2D eigenvalue weighted by Crippen LogP contribution is -2.33. The lowest BCUT2D eigenvalue weighted by atomic mass is 10.2. The number of nitrogens with zero attached hydrogens (tertiary/aromatic N) is 4. The number of anilines is 2. The predicted octanol–water partition coefficient (Wildman–Crippen LogP) is 2.64. The fraction of sp³-hybridized carbons (Fsp3) is 0.333. The van der Waals surface area contributed by atoms with Gasteiger partial charge in [-0.05, 0) is 50.2 Å². The highest BCUT2D eigenvalue weighted by Crippen LogP contribution is 2.17. The Morgan fingerprint density at radius 3 is 2.39 bits per heavy atom. The minimum Gasteiger partial charge on any atom is -0.325 e. The van der Waals surface area contributed by atoms with Crippen LogP contribution in [0.25, 0.3) is 5.69 Å². The third kappa shape index (κ3) is 5.95. The Morgan fingerprint density at radius 2 is 1.70 bits per heavy atom. The van der Waals surface area contributed by atoms with E-state index in [-0.39, 0.29) is 17.4 Å². The highest BCUT2D eigenvalue weighted by molar-refractivity contribution is 6.04. The van der Waals surface area contributed by atoms with E-state index in [1.165, 1.54) is 35.7 Å². The molecule has 0 saturated carbocycles. The zero-order valence-corrected chi connectivity index (χ0v) is 18.7. The molecule has 3 heterocycles. The molecule has 4 rings (SSSR count). The van der Waals surface area contributed by atoms with Crippen LogP contribution < -0.4 is 16.2 Å². The monoisotopic (exact) mass is 448 g/mol. The van der Waals surface area contributed by atoms with Crippen LogP contribution >= 0.6 is 0 Å². The molecular formula is C24H28N6O3. The van der Waals surface area contributed by atoms with Crippen LogP contribution in [-0.4, -0.2) is 50.7 Å². The second-order valence-electron chi connectivity index (χ2n) is 8.27. The first-order chi connectivity index (χ1) is 16.0. The predicted molar refractivity (Wildman–Crippen MR) is 127 cm³/mol. The summed E-state index contributed by atoms with van der Waals surface area (Å²) in [5, 5.41) is 9.81. The largest absolute Gasteiger partial charge is 0.325 e. The third-order valence-corrected chi connectivity index (χ3v) is 5.61. The molecule has 1 saturated heterocycles. The van der Waals surface area contributed by atoms with Crippen molar-refractivity contribution in [2.45, 2.75) is 25.7 Å². The lowest BCUT2D eigenvalue weighted by molar-refractivity contribution is -0.117. The molecule has 9 nitrogen and oxygen atoms in total. The van der Waals surface area contributed by atoms with Crippen molar-refractivity contribution in [3.05, 3.63) is 70.9 Å². The van der Waals surface area contributed by atoms with Gasteiger partial charge in [0.2, 0.25) is 5.91 Å². The van der Waals surface area contributed by atoms with Crippen molar-refractivity contribution in [3.8, 4) is 5.69 Å². The van der Waals surface area contributed by atoms with Gasteiger partial charge in [0.15, 0.2) is 0 Å². The molecule has 1 fully saturated rings. The van der Waals surface area contributed by atoms with Crippen LogP contribution in [0.5, 0.6) is 0 Å². The van der Waals surface area contributed by atoms with E-state index < -0.39 is 0 Å². The van der Waals surface area contributed by atoms with Gasteiger partial charge >= 0.3 is 0 Å². The summed E-state index contributed by atoms with van der Waals surface area (Å²) in [6, 6.07) is 9.86. The highest BCUT2D eigenvalue weighted by Gasteiger charge is 2.14. The Morgan fingerprint density at radius 1 is 0.970 bits per heavy atom. The summed E-state index contributed by atoms with van der Waals surface area (Å²) < 4.78 is 2.96. The molecule has 1 aliphatic heterocycles. The van der Waals surface area contributed by atoms with E-state index in [9.17, 15) is 14.4 Å². The maximum Gasteiger partial charge on any atom is 0.257 e. The van der Waals surface area contributed by atoms with Gasteiger partial charge in [0.05, 0.1) is 24.0 Å². The van der Waals surface area contributed by atoms with Gasteiger partial charge in [0.1, 0.15) is 0 Å². The lowest BCUT2D eigenvalue weighted by Gasteiger charge is -2.19. The number of aryl methyl sites for hydroxylation is 1. The summed E-state index contributed by atoms with van der Waals surface area (Å²) in [5.41, 5.74) is 1.81. The fourth-order valence-corrected chi connectivity index (χ4v) is 3.93. The van der Waals surface area contributed by atoms with Crippen LogP contribution in [-0.2, 0) is 11.8 Å². The molecule has 0 unspecified atom stereocenters. The molecule has 0 spiro atoms. The molecule has 1 aromatic carbocycles. The Balaban J connectivity index is 1.41. The van der Waals surface area contributed by atoms with E-state index in [1.54, 1.807) is 48.4 Å². The molecule has 2 N–H and O–H groups in total. The maximum absolute atomic E-state index is 12.8. The number of likely N-dealkylation sites (tertiary alicyclic amines) is 1. The first-order valence-electron chi connectivity index (χ1n) is 11.1. The van der Waals surface area contributed by atoms with Crippen molar-refractivity contribution in [1.29, 1.82) is 0 Å². The zero-order valence-electron chi connectivity index (χ0n) is 18.7. The van der Waals surface area contributed by atoms with Crippen LogP contribution in [0, 0.1) is 0 Å². The minimum atomic E-state index is -0.360. The second-order valence-corrected chi connectivity index (χ2v) is 8.27. The highest BCUT2D eigenvalue weighted by atomic mass is 16.2. The Hall–Kier alpha value is -3.72. The summed E-state index contributed by atoms with van der Waals surface area (Å²) >= 11 is 0. The number of hydrogen-bond donors (Lipinski definition) is 2. The van der Waals surface area contributed by atoms with E-state index in [4.69, 9.17) is 0 Å². The number of rotatable bonds is 6. The van der Waals surface area contributed by atoms with Crippen LogP contribution in [0.2, 0.25) is 0 Å². The number of carbonyl (C=O) groups is 2. The van der Waals surface area contributed by atoms with Crippen LogP contribution in [0.4, 0.5) is 11.4 Å². The van der Waals surface area contributed by atoms with E-state index in [1.807, 2.05) is 0 Å². The minimum absolute atomic E-state index is 0.0658. The van der Waals surface area contributed by atoms with Crippen molar-refractivity contribution in [2.75, 3.05) is 30.3 Å². The molecule has 3 aromatic rings. The van der Waals surface area contributed by atoms with Crippen LogP contribution in [0.1, 0.15) is 36.0 Å². The number of aromatic nitrogens is 3. The van der Waals surface area contributed by atoms with Gasteiger partial charge in [-0.15, -0.1) is 0 Å². The summed E-state index contributed by atoms with van der Waals surface area (Å²) in [4.78, 5) is 39.7. The summed E-state index contributed by atoms with van der Waals surface area (Å²) in [5.74, 6) is -0.426. The summed E-state index contributed by atoms with van der Waals surface area (Å²) in [7, 11) is 1.75. The topological polar surface area (TPSA) is 101 Å². The van der Waals surface area contributed by atoms with Gasteiger partial charge < -0.3 is 10.6 Å². The van der Waals surface area contributed by atoms with Gasteiger partial charge in [-0.1, -0.05) is 18.9 Å². The van der Waals surface area contributed by atoms with Gasteiger partial charge in [-0.2, -0.15) is 5.10 Å². The van der Waals surface area contributed by atoms with Crippen molar-refractivity contribution >= 4 is 23.2 Å². The molecule has 0 atom stereocenters. The van der Waals surface area contributed by atoms with Crippen LogP contribution in [0.15, 0.2) is 59.8 Å². The smallest absolute Gasteiger partial charge is 0.257 e. The molecule has 33 heavy (non-hydrogen) atoms. The van der Waals surface area contributed by atoms with Crippen LogP contribution in [0.3, 0.4) is 0 Å². The SMILES string of the molecule is Cn1cc(-n2cc(C(=O)Nc3cccc(NC(=O)CN4CCCCCC4)c3)ccc2=O)cn1. The third-order valence-electron chi connectivity index (χ3n) is 5.61. The Bertz CT molecular complexity index is 1190. The van der Waals surface area contributed by atoms with Crippen molar-refractivity contribution in [3.63, 3.8) is 0 Å². The Kier molecular flexibility index (Phi) is 6.99. The first kappa shape index (κ1) is 22.5. The van der Waals surface area contributed by atoms with Gasteiger partial charge in [-0.25, -0.2) is 0 Å². The maximum atomic E-state index is 12.8. The molecule has 1 aliphatic rings. The van der Waals surface area contributed by atoms with E-state index in [0.717, 1.165) is 25.9 Å². The molecule has 2 aromatic heterocycles. The molecular weight excluding hydrogens is 420 g/mol. The first-order valence-corrected chi connectivity index (χ1v) is 11.1. The number of amides is 2. The molecule has 0 aliphatic carbocycles. The quantitative estimate of drug-likeness (QED) is 0.604. The van der Waals surface area contributed by atoms with Crippen molar-refractivity contribution in [1.82, 2.24) is 19.2 Å². The Labute approximate surface area is 192 Å². The number of pyridine rings is 1. The standard InChI is InChI=1S/C24H28N6O3/c1-28-16-21(14-25-28)30-15-18(9-10-23(30)32)24(33)27-20-8-6-7-19(13-20)26-22(31)17-29-11-4-2-3-5-12-29/h6-10,13-16H,2-5,11-12,17H2,1H3,(H,26,31)(H,27,33). The fourth-order valence-electron chi connectivity index (χ4n) is 3.93. The summed E-state index contributed by atoms with van der Waals surface area (Å²) in [6.07, 6.45) is 9.44. The van der Waals surface area contributed by atoms with Gasteiger partial charge in [0, 0.05) is 36.9 Å². The molecule has 2 amide bonds. The molecule has 0 bridgehead atoms. The number of carbonyl (C=O) groups excluding carboxylic acids is 2. The van der Waals surface area contributed by atoms with Crippen molar-refractivity contribution < 1.29 is 9.59 Å². The normalized spacial score (nSPS) is 14.5. The average molecular weight is 449 g/mol.